The van der Waals surface area contributed by atoms with E-state index in [-0.39, 0.29) is 5.54 Å². The van der Waals surface area contributed by atoms with Crippen LogP contribution in [0.5, 0.6) is 0 Å². The van der Waals surface area contributed by atoms with E-state index in [0.717, 1.165) is 5.57 Å². The normalized spacial score (nSPS) is 13.0. The Morgan fingerprint density at radius 1 is 1.57 bits per heavy atom. The molecular weight excluding hydrogens is 182 g/mol. The summed E-state index contributed by atoms with van der Waals surface area (Å²) in [5.41, 5.74) is 0.657. The van der Waals surface area contributed by atoms with Crippen LogP contribution in [0.4, 0.5) is 0 Å². The zero-order valence-corrected chi connectivity index (χ0v) is 9.26. The van der Waals surface area contributed by atoms with Crippen molar-refractivity contribution in [3.05, 3.63) is 11.6 Å². The molecule has 0 atom stereocenters. The summed E-state index contributed by atoms with van der Waals surface area (Å²) in [5.74, 6) is -0.908. The first-order chi connectivity index (χ1) is 6.37. The minimum Gasteiger partial charge on any atom is -0.478 e. The maximum atomic E-state index is 10.3. The van der Waals surface area contributed by atoms with Crippen LogP contribution in [0, 0.1) is 0 Å². The molecule has 0 aromatic carbocycles. The molecule has 0 radical (unpaired) electrons. The standard InChI is InChI=1S/C10H19NO3/c1-8(5-9(12)13)6-11-10(2,3)7-14-4/h5,11H,6-7H2,1-4H3,(H,12,13). The first-order valence-corrected chi connectivity index (χ1v) is 4.51. The van der Waals surface area contributed by atoms with E-state index in [1.165, 1.54) is 6.08 Å². The molecule has 0 fully saturated rings. The zero-order chi connectivity index (χ0) is 11.2. The number of carbonyl (C=O) groups is 1. The molecule has 0 heterocycles. The van der Waals surface area contributed by atoms with Crippen molar-refractivity contribution in [3.63, 3.8) is 0 Å². The number of nitrogens with one attached hydrogen (secondary N) is 1. The summed E-state index contributed by atoms with van der Waals surface area (Å²) in [6.45, 7) is 6.94. The van der Waals surface area contributed by atoms with Crippen molar-refractivity contribution in [2.75, 3.05) is 20.3 Å². The third-order valence-corrected chi connectivity index (χ3v) is 1.72. The number of hydrogen-bond donors (Lipinski definition) is 2. The zero-order valence-electron chi connectivity index (χ0n) is 9.26. The lowest BCUT2D eigenvalue weighted by Crippen LogP contribution is -2.44. The monoisotopic (exact) mass is 201 g/mol. The lowest BCUT2D eigenvalue weighted by Gasteiger charge is -2.25. The molecule has 0 bridgehead atoms. The number of methoxy groups -OCH3 is 1. The van der Waals surface area contributed by atoms with E-state index in [1.54, 1.807) is 14.0 Å². The summed E-state index contributed by atoms with van der Waals surface area (Å²) >= 11 is 0. The molecule has 0 aromatic rings. The van der Waals surface area contributed by atoms with Gasteiger partial charge >= 0.3 is 5.97 Å². The van der Waals surface area contributed by atoms with Gasteiger partial charge in [-0.15, -0.1) is 0 Å². The van der Waals surface area contributed by atoms with Gasteiger partial charge < -0.3 is 15.2 Å². The first kappa shape index (κ1) is 13.1. The molecule has 0 aromatic heterocycles. The molecule has 2 N–H and O–H groups in total. The Balaban J connectivity index is 3.98. The van der Waals surface area contributed by atoms with Gasteiger partial charge in [-0.1, -0.05) is 5.57 Å². The van der Waals surface area contributed by atoms with E-state index >= 15 is 0 Å². The second-order valence-electron chi connectivity index (χ2n) is 4.00. The predicted molar refractivity (Wildman–Crippen MR) is 55.4 cm³/mol. The molecule has 14 heavy (non-hydrogen) atoms. The summed E-state index contributed by atoms with van der Waals surface area (Å²) in [4.78, 5) is 10.3. The van der Waals surface area contributed by atoms with Crippen LogP contribution in [0.15, 0.2) is 11.6 Å². The largest absolute Gasteiger partial charge is 0.478 e. The summed E-state index contributed by atoms with van der Waals surface area (Å²) in [5, 5.41) is 11.7. The highest BCUT2D eigenvalue weighted by Crippen LogP contribution is 2.03. The summed E-state index contributed by atoms with van der Waals surface area (Å²) in [7, 11) is 1.64. The minimum absolute atomic E-state index is 0.137. The van der Waals surface area contributed by atoms with Crippen LogP contribution >= 0.6 is 0 Å². The quantitative estimate of drug-likeness (QED) is 0.630. The SMILES string of the molecule is COCC(C)(C)NCC(C)=CC(=O)O. The van der Waals surface area contributed by atoms with Crippen molar-refractivity contribution >= 4 is 5.97 Å². The Kier molecular flexibility index (Phi) is 5.42. The summed E-state index contributed by atoms with van der Waals surface area (Å²) in [6.07, 6.45) is 1.20. The van der Waals surface area contributed by atoms with Gasteiger partial charge in [-0.3, -0.25) is 0 Å². The molecule has 0 rings (SSSR count). The molecule has 0 spiro atoms. The number of carboxylic acids is 1. The van der Waals surface area contributed by atoms with E-state index in [1.807, 2.05) is 13.8 Å². The Morgan fingerprint density at radius 3 is 2.57 bits per heavy atom. The topological polar surface area (TPSA) is 58.6 Å². The maximum Gasteiger partial charge on any atom is 0.328 e. The van der Waals surface area contributed by atoms with Gasteiger partial charge in [-0.05, 0) is 20.8 Å². The Labute approximate surface area is 85.0 Å². The van der Waals surface area contributed by atoms with Crippen LogP contribution in [-0.2, 0) is 9.53 Å². The van der Waals surface area contributed by atoms with Gasteiger partial charge in [0.1, 0.15) is 0 Å². The Hall–Kier alpha value is -0.870. The van der Waals surface area contributed by atoms with E-state index in [0.29, 0.717) is 13.2 Å². The van der Waals surface area contributed by atoms with Gasteiger partial charge in [0.2, 0.25) is 0 Å². The van der Waals surface area contributed by atoms with Crippen LogP contribution in [0.3, 0.4) is 0 Å². The average Bonchev–Trinajstić information content (AvgIpc) is 2.00. The van der Waals surface area contributed by atoms with E-state index < -0.39 is 5.97 Å². The van der Waals surface area contributed by atoms with E-state index in [9.17, 15) is 4.79 Å². The van der Waals surface area contributed by atoms with Crippen molar-refractivity contribution in [2.45, 2.75) is 26.3 Å². The third kappa shape index (κ3) is 6.62. The van der Waals surface area contributed by atoms with Crippen molar-refractivity contribution in [1.29, 1.82) is 0 Å². The van der Waals surface area contributed by atoms with Gasteiger partial charge in [0.25, 0.3) is 0 Å². The smallest absolute Gasteiger partial charge is 0.328 e. The second-order valence-corrected chi connectivity index (χ2v) is 4.00. The van der Waals surface area contributed by atoms with E-state index in [2.05, 4.69) is 5.32 Å². The average molecular weight is 201 g/mol. The van der Waals surface area contributed by atoms with Crippen LogP contribution in [0.1, 0.15) is 20.8 Å². The molecule has 0 amide bonds. The fourth-order valence-corrected chi connectivity index (χ4v) is 1.05. The van der Waals surface area contributed by atoms with Crippen molar-refractivity contribution in [2.24, 2.45) is 0 Å². The number of hydrogen-bond acceptors (Lipinski definition) is 3. The Bertz CT molecular complexity index is 221. The minimum atomic E-state index is -0.908. The lowest BCUT2D eigenvalue weighted by molar-refractivity contribution is -0.131. The number of rotatable bonds is 6. The molecule has 0 aliphatic carbocycles. The van der Waals surface area contributed by atoms with Gasteiger partial charge in [-0.25, -0.2) is 4.79 Å². The molecule has 4 heteroatoms. The molecule has 0 aliphatic heterocycles. The van der Waals surface area contributed by atoms with Crippen molar-refractivity contribution in [1.82, 2.24) is 5.32 Å². The predicted octanol–water partition coefficient (Wildman–Crippen LogP) is 1.03. The van der Waals surface area contributed by atoms with E-state index in [4.69, 9.17) is 9.84 Å². The lowest BCUT2D eigenvalue weighted by atomic mass is 10.1. The molecule has 0 unspecified atom stereocenters. The third-order valence-electron chi connectivity index (χ3n) is 1.72. The van der Waals surface area contributed by atoms with Crippen LogP contribution < -0.4 is 5.32 Å². The molecule has 4 nitrogen and oxygen atoms in total. The van der Waals surface area contributed by atoms with Crippen LogP contribution in [-0.4, -0.2) is 36.9 Å². The fraction of sp³-hybridized carbons (Fsp3) is 0.700. The molecule has 82 valence electrons. The second kappa shape index (κ2) is 5.78. The molecule has 0 saturated carbocycles. The summed E-state index contributed by atoms with van der Waals surface area (Å²) < 4.78 is 5.02. The van der Waals surface area contributed by atoms with Crippen molar-refractivity contribution in [3.8, 4) is 0 Å². The number of carboxylic acid groups (broad SMARTS) is 1. The summed E-state index contributed by atoms with van der Waals surface area (Å²) in [6, 6.07) is 0. The number of aliphatic carboxylic acids is 1. The maximum absolute atomic E-state index is 10.3. The molecule has 0 aliphatic rings. The molecule has 0 saturated heterocycles. The van der Waals surface area contributed by atoms with Crippen molar-refractivity contribution < 1.29 is 14.6 Å². The van der Waals surface area contributed by atoms with Crippen LogP contribution in [0.2, 0.25) is 0 Å². The first-order valence-electron chi connectivity index (χ1n) is 4.51. The highest BCUT2D eigenvalue weighted by Gasteiger charge is 2.15. The van der Waals surface area contributed by atoms with Gasteiger partial charge in [-0.2, -0.15) is 0 Å². The Morgan fingerprint density at radius 2 is 2.14 bits per heavy atom. The van der Waals surface area contributed by atoms with Gasteiger partial charge in [0.15, 0.2) is 0 Å². The molecular formula is C10H19NO3. The number of ether oxygens (including phenoxy) is 1. The van der Waals surface area contributed by atoms with Gasteiger partial charge in [0.05, 0.1) is 6.61 Å². The van der Waals surface area contributed by atoms with Crippen LogP contribution in [0.25, 0.3) is 0 Å². The highest BCUT2D eigenvalue weighted by atomic mass is 16.5. The highest BCUT2D eigenvalue weighted by molar-refractivity contribution is 5.80. The fourth-order valence-electron chi connectivity index (χ4n) is 1.05. The van der Waals surface area contributed by atoms with Gasteiger partial charge in [0, 0.05) is 25.3 Å².